The number of sulfonamides is 1. The Balaban J connectivity index is 1.34. The summed E-state index contributed by atoms with van der Waals surface area (Å²) in [5, 5.41) is 8.41. The summed E-state index contributed by atoms with van der Waals surface area (Å²) in [7, 11) is -2.72. The first-order valence-corrected chi connectivity index (χ1v) is 14.6. The van der Waals surface area contributed by atoms with Crippen LogP contribution in [0.15, 0.2) is 28.1 Å². The summed E-state index contributed by atoms with van der Waals surface area (Å²) in [5.74, 6) is 0.0457. The molecule has 14 heteroatoms. The lowest BCUT2D eigenvalue weighted by Gasteiger charge is -2.31. The van der Waals surface area contributed by atoms with Crippen molar-refractivity contribution in [3.8, 4) is 5.75 Å². The Labute approximate surface area is 228 Å². The normalized spacial score (nSPS) is 24.9. The average Bonchev–Trinajstić information content (AvgIpc) is 3.33. The molecule has 4 rings (SSSR count). The van der Waals surface area contributed by atoms with Crippen molar-refractivity contribution in [1.29, 1.82) is 0 Å². The molecule has 0 aliphatic carbocycles. The second kappa shape index (κ2) is 12.2. The number of rotatable bonds is 7. The molecule has 3 heterocycles. The van der Waals surface area contributed by atoms with Crippen LogP contribution in [-0.4, -0.2) is 88.7 Å². The maximum atomic E-state index is 13.4. The molecule has 3 aliphatic rings. The van der Waals surface area contributed by atoms with Crippen molar-refractivity contribution < 1.29 is 32.3 Å². The molecule has 0 bridgehead atoms. The predicted molar refractivity (Wildman–Crippen MR) is 142 cm³/mol. The zero-order valence-electron chi connectivity index (χ0n) is 22.4. The summed E-state index contributed by atoms with van der Waals surface area (Å²) < 4.78 is 38.8. The molecule has 1 aromatic carbocycles. The van der Waals surface area contributed by atoms with Crippen LogP contribution in [0.1, 0.15) is 38.7 Å². The van der Waals surface area contributed by atoms with Crippen molar-refractivity contribution in [3.63, 3.8) is 0 Å². The van der Waals surface area contributed by atoms with Gasteiger partial charge in [0.2, 0.25) is 27.8 Å². The Morgan fingerprint density at radius 3 is 2.79 bits per heavy atom. The molecule has 3 aliphatic heterocycles. The number of carbonyl (C=O) groups excluding carboxylic acids is 3. The fraction of sp³-hybridized carbons (Fsp3) is 0.600. The lowest BCUT2D eigenvalue weighted by molar-refractivity contribution is -0.138. The van der Waals surface area contributed by atoms with Crippen molar-refractivity contribution in [3.05, 3.63) is 23.8 Å². The van der Waals surface area contributed by atoms with E-state index < -0.39 is 28.1 Å². The first-order valence-electron chi connectivity index (χ1n) is 13.1. The molecule has 0 saturated carbocycles. The van der Waals surface area contributed by atoms with Crippen LogP contribution >= 0.6 is 0 Å². The molecule has 1 aromatic rings. The predicted octanol–water partition coefficient (Wildman–Crippen LogP) is 0.106. The minimum atomic E-state index is -3.98. The minimum Gasteiger partial charge on any atom is -0.493 e. The highest BCUT2D eigenvalue weighted by atomic mass is 32.2. The van der Waals surface area contributed by atoms with Crippen LogP contribution in [0.4, 0.5) is 4.79 Å². The number of carbonyl (C=O) groups is 3. The third kappa shape index (κ3) is 6.98. The van der Waals surface area contributed by atoms with Gasteiger partial charge in [-0.2, -0.15) is 4.72 Å². The highest BCUT2D eigenvalue weighted by Crippen LogP contribution is 2.28. The van der Waals surface area contributed by atoms with E-state index in [1.807, 2.05) is 13.8 Å². The fourth-order valence-electron chi connectivity index (χ4n) is 4.89. The Morgan fingerprint density at radius 1 is 1.26 bits per heavy atom. The molecule has 39 heavy (non-hydrogen) atoms. The lowest BCUT2D eigenvalue weighted by Crippen LogP contribution is -2.55. The Hall–Kier alpha value is -3.39. The van der Waals surface area contributed by atoms with Crippen LogP contribution in [0, 0.1) is 5.92 Å². The zero-order chi connectivity index (χ0) is 28.2. The molecular formula is C25H36N6O7S. The lowest BCUT2D eigenvalue weighted by atomic mass is 10.00. The van der Waals surface area contributed by atoms with Crippen molar-refractivity contribution in [2.75, 3.05) is 33.4 Å². The number of amides is 3. The molecule has 3 amide bonds. The van der Waals surface area contributed by atoms with Crippen LogP contribution in [-0.2, 0) is 30.8 Å². The van der Waals surface area contributed by atoms with Crippen molar-refractivity contribution >= 4 is 33.9 Å². The highest BCUT2D eigenvalue weighted by molar-refractivity contribution is 7.89. The first-order chi connectivity index (χ1) is 18.6. The fourth-order valence-corrected chi connectivity index (χ4v) is 6.13. The summed E-state index contributed by atoms with van der Waals surface area (Å²) in [6.07, 6.45) is 1.73. The number of benzene rings is 1. The highest BCUT2D eigenvalue weighted by Gasteiger charge is 2.35. The van der Waals surface area contributed by atoms with Gasteiger partial charge < -0.3 is 25.0 Å². The van der Waals surface area contributed by atoms with Gasteiger partial charge in [0, 0.05) is 43.6 Å². The molecule has 214 valence electrons. The molecule has 1 saturated heterocycles. The topological polar surface area (TPSA) is 168 Å². The van der Waals surface area contributed by atoms with Gasteiger partial charge in [0.25, 0.3) is 0 Å². The summed E-state index contributed by atoms with van der Waals surface area (Å²) in [6.45, 7) is 4.79. The van der Waals surface area contributed by atoms with Gasteiger partial charge in [-0.25, -0.2) is 13.2 Å². The van der Waals surface area contributed by atoms with E-state index >= 15 is 0 Å². The number of aliphatic imine (C=N–C) groups is 1. The third-order valence-electron chi connectivity index (χ3n) is 7.34. The van der Waals surface area contributed by atoms with Gasteiger partial charge in [-0.05, 0) is 44.7 Å². The van der Waals surface area contributed by atoms with Crippen LogP contribution in [0.3, 0.4) is 0 Å². The molecule has 4 N–H and O–H groups in total. The smallest absolute Gasteiger partial charge is 0.413 e. The van der Waals surface area contributed by atoms with E-state index in [-0.39, 0.29) is 35.3 Å². The summed E-state index contributed by atoms with van der Waals surface area (Å²) in [6, 6.07) is 3.45. The number of hydrogen-bond donors (Lipinski definition) is 4. The Morgan fingerprint density at radius 2 is 2.05 bits per heavy atom. The van der Waals surface area contributed by atoms with Crippen molar-refractivity contribution in [2.24, 2.45) is 10.9 Å². The molecule has 0 spiro atoms. The molecule has 4 atom stereocenters. The van der Waals surface area contributed by atoms with Gasteiger partial charge in [0.15, 0.2) is 0 Å². The zero-order valence-corrected chi connectivity index (χ0v) is 23.2. The van der Waals surface area contributed by atoms with Crippen LogP contribution in [0.2, 0.25) is 0 Å². The van der Waals surface area contributed by atoms with Gasteiger partial charge in [-0.15, -0.1) is 0 Å². The van der Waals surface area contributed by atoms with Gasteiger partial charge in [0.05, 0.1) is 25.2 Å². The third-order valence-corrected chi connectivity index (χ3v) is 8.81. The van der Waals surface area contributed by atoms with Crippen molar-refractivity contribution in [2.45, 2.75) is 62.6 Å². The van der Waals surface area contributed by atoms with Crippen LogP contribution in [0.5, 0.6) is 5.75 Å². The molecule has 1 fully saturated rings. The number of methoxy groups -OCH3 is 1. The van der Waals surface area contributed by atoms with E-state index in [1.165, 1.54) is 24.1 Å². The van der Waals surface area contributed by atoms with E-state index in [0.29, 0.717) is 50.7 Å². The number of likely N-dealkylation sites (tertiary alicyclic amines) is 1. The van der Waals surface area contributed by atoms with Gasteiger partial charge in [-0.3, -0.25) is 19.9 Å². The SMILES string of the molecule is COC(=O)NC1=NCC(CNC(=O)CN2C(=O)C(NS(=O)(=O)c3ccc4c(c3)OCC4)CCCC2C)C(C)N1. The largest absolute Gasteiger partial charge is 0.493 e. The number of guanidine groups is 1. The number of ether oxygens (including phenoxy) is 2. The van der Waals surface area contributed by atoms with E-state index in [0.717, 1.165) is 12.0 Å². The number of hydrogen-bond acceptors (Lipinski definition) is 9. The van der Waals surface area contributed by atoms with E-state index in [9.17, 15) is 22.8 Å². The number of alkyl carbamates (subject to hydrolysis) is 1. The maximum Gasteiger partial charge on any atom is 0.413 e. The van der Waals surface area contributed by atoms with E-state index in [4.69, 9.17) is 4.74 Å². The molecule has 0 aromatic heterocycles. The molecular weight excluding hydrogens is 528 g/mol. The monoisotopic (exact) mass is 564 g/mol. The summed E-state index contributed by atoms with van der Waals surface area (Å²) in [4.78, 5) is 43.4. The number of nitrogens with one attached hydrogen (secondary N) is 4. The Bertz CT molecular complexity index is 1240. The van der Waals surface area contributed by atoms with Gasteiger partial charge in [-0.1, -0.05) is 6.07 Å². The summed E-state index contributed by atoms with van der Waals surface area (Å²) in [5.41, 5.74) is 0.953. The maximum absolute atomic E-state index is 13.4. The van der Waals surface area contributed by atoms with Gasteiger partial charge >= 0.3 is 6.09 Å². The van der Waals surface area contributed by atoms with E-state index in [1.54, 1.807) is 6.07 Å². The first kappa shape index (κ1) is 28.6. The second-order valence-electron chi connectivity index (χ2n) is 10.1. The molecule has 4 unspecified atom stereocenters. The molecule has 0 radical (unpaired) electrons. The average molecular weight is 565 g/mol. The van der Waals surface area contributed by atoms with Gasteiger partial charge in [0.1, 0.15) is 11.8 Å². The quantitative estimate of drug-likeness (QED) is 0.362. The number of fused-ring (bicyclic) bond motifs is 1. The Kier molecular flexibility index (Phi) is 8.95. The van der Waals surface area contributed by atoms with Crippen LogP contribution < -0.4 is 25.4 Å². The molecule has 13 nitrogen and oxygen atoms in total. The standard InChI is InChI=1S/C25H36N6O7S/c1-15-5-4-6-20(30-39(35,36)19-8-7-17-9-10-38-21(17)11-19)23(33)31(15)14-22(32)26-12-18-13-27-24(28-16(18)2)29-25(34)37-3/h7-8,11,15-16,18,20,30H,4-6,9-10,12-14H2,1-3H3,(H,26,32)(H2,27,28,29,34). The van der Waals surface area contributed by atoms with Crippen LogP contribution in [0.25, 0.3) is 0 Å². The summed E-state index contributed by atoms with van der Waals surface area (Å²) >= 11 is 0. The van der Waals surface area contributed by atoms with E-state index in [2.05, 4.69) is 30.4 Å². The van der Waals surface area contributed by atoms with Crippen molar-refractivity contribution in [1.82, 2.24) is 25.6 Å². The minimum absolute atomic E-state index is 0.0368. The number of nitrogens with zero attached hydrogens (tertiary/aromatic N) is 2. The second-order valence-corrected chi connectivity index (χ2v) is 11.8.